The monoisotopic (exact) mass is 304 g/mol. The van der Waals surface area contributed by atoms with Crippen molar-refractivity contribution in [1.29, 1.82) is 0 Å². The van der Waals surface area contributed by atoms with Crippen LogP contribution < -0.4 is 0 Å². The molecule has 0 saturated heterocycles. The van der Waals surface area contributed by atoms with E-state index in [1.807, 2.05) is 6.08 Å². The minimum absolute atomic E-state index is 0.153. The zero-order valence-electron chi connectivity index (χ0n) is 13.7. The molecule has 0 unspecified atom stereocenters. The number of hydrogen-bond donors (Lipinski definition) is 2. The van der Waals surface area contributed by atoms with E-state index < -0.39 is 6.10 Å². The number of ketones is 1. The quantitative estimate of drug-likeness (QED) is 0.723. The van der Waals surface area contributed by atoms with E-state index in [1.54, 1.807) is 0 Å². The Kier molecular flexibility index (Phi) is 3.16. The molecule has 0 radical (unpaired) electrons. The largest absolute Gasteiger partial charge is 0.392 e. The Bertz CT molecular complexity index is 539. The average molecular weight is 304 g/mol. The number of aliphatic hydroxyl groups is 2. The van der Waals surface area contributed by atoms with Crippen molar-refractivity contribution < 1.29 is 15.0 Å². The van der Waals surface area contributed by atoms with Crippen molar-refractivity contribution >= 4 is 5.78 Å². The molecule has 0 aromatic rings. The molecule has 4 aliphatic rings. The molecule has 0 aromatic carbocycles. The van der Waals surface area contributed by atoms with Gasteiger partial charge in [0, 0.05) is 23.7 Å². The first-order chi connectivity index (χ1) is 10.4. The summed E-state index contributed by atoms with van der Waals surface area (Å²) in [6, 6.07) is 0. The number of carbonyl (C=O) groups is 1. The summed E-state index contributed by atoms with van der Waals surface area (Å²) in [7, 11) is 0. The van der Waals surface area contributed by atoms with Crippen LogP contribution in [0, 0.1) is 28.6 Å². The molecule has 4 rings (SSSR count). The van der Waals surface area contributed by atoms with Crippen LogP contribution in [0.5, 0.6) is 0 Å². The molecule has 3 saturated carbocycles. The fourth-order valence-corrected chi connectivity index (χ4v) is 6.61. The normalized spacial score (nSPS) is 54.3. The fourth-order valence-electron chi connectivity index (χ4n) is 6.61. The number of hydrogen-bond acceptors (Lipinski definition) is 3. The molecule has 0 spiro atoms. The first-order valence-electron chi connectivity index (χ1n) is 8.97. The highest BCUT2D eigenvalue weighted by molar-refractivity contribution is 5.91. The number of allylic oxidation sites excluding steroid dienone is 1. The number of aliphatic hydroxyl groups excluding tert-OH is 2. The molecule has 0 amide bonds. The molecule has 2 N–H and O–H groups in total. The molecule has 0 heterocycles. The minimum Gasteiger partial charge on any atom is -0.392 e. The summed E-state index contributed by atoms with van der Waals surface area (Å²) in [5.74, 6) is 1.91. The molecule has 0 bridgehead atoms. The zero-order valence-corrected chi connectivity index (χ0v) is 13.7. The molecule has 7 atom stereocenters. The summed E-state index contributed by atoms with van der Waals surface area (Å²) in [4.78, 5) is 11.7. The van der Waals surface area contributed by atoms with Gasteiger partial charge in [-0.15, -0.1) is 0 Å². The lowest BCUT2D eigenvalue weighted by atomic mass is 9.45. The van der Waals surface area contributed by atoms with Crippen LogP contribution in [0.15, 0.2) is 11.6 Å². The molecular formula is C19H28O3. The number of rotatable bonds is 0. The van der Waals surface area contributed by atoms with Crippen LogP contribution in [0.4, 0.5) is 0 Å². The Morgan fingerprint density at radius 1 is 1.09 bits per heavy atom. The first-order valence-corrected chi connectivity index (χ1v) is 8.97. The van der Waals surface area contributed by atoms with Crippen molar-refractivity contribution in [2.75, 3.05) is 0 Å². The van der Waals surface area contributed by atoms with E-state index in [2.05, 4.69) is 13.8 Å². The lowest BCUT2D eigenvalue weighted by Gasteiger charge is -2.59. The van der Waals surface area contributed by atoms with Gasteiger partial charge in [0.05, 0.1) is 12.2 Å². The van der Waals surface area contributed by atoms with Gasteiger partial charge in [-0.1, -0.05) is 19.4 Å². The Morgan fingerprint density at radius 2 is 1.86 bits per heavy atom. The van der Waals surface area contributed by atoms with Gasteiger partial charge >= 0.3 is 0 Å². The van der Waals surface area contributed by atoms with Crippen molar-refractivity contribution in [3.63, 3.8) is 0 Å². The highest BCUT2D eigenvalue weighted by atomic mass is 16.3. The maximum atomic E-state index is 11.7. The molecule has 4 aliphatic carbocycles. The van der Waals surface area contributed by atoms with Crippen LogP contribution >= 0.6 is 0 Å². The van der Waals surface area contributed by atoms with E-state index in [0.29, 0.717) is 36.4 Å². The van der Waals surface area contributed by atoms with Crippen LogP contribution in [-0.4, -0.2) is 28.2 Å². The Hall–Kier alpha value is -0.670. The van der Waals surface area contributed by atoms with Gasteiger partial charge in [0.2, 0.25) is 0 Å². The average Bonchev–Trinajstić information content (AvgIpc) is 2.66. The van der Waals surface area contributed by atoms with Gasteiger partial charge < -0.3 is 10.2 Å². The summed E-state index contributed by atoms with van der Waals surface area (Å²) in [5, 5.41) is 21.3. The van der Waals surface area contributed by atoms with Crippen molar-refractivity contribution in [1.82, 2.24) is 0 Å². The zero-order chi connectivity index (χ0) is 15.7. The van der Waals surface area contributed by atoms with Gasteiger partial charge in [-0.2, -0.15) is 0 Å². The third-order valence-corrected chi connectivity index (χ3v) is 8.17. The summed E-state index contributed by atoms with van der Waals surface area (Å²) >= 11 is 0. The van der Waals surface area contributed by atoms with Gasteiger partial charge in [-0.25, -0.2) is 0 Å². The summed E-state index contributed by atoms with van der Waals surface area (Å²) in [6.07, 6.45) is 7.57. The van der Waals surface area contributed by atoms with E-state index >= 15 is 0 Å². The van der Waals surface area contributed by atoms with E-state index in [-0.39, 0.29) is 16.9 Å². The molecule has 3 nitrogen and oxygen atoms in total. The maximum absolute atomic E-state index is 11.7. The van der Waals surface area contributed by atoms with E-state index in [0.717, 1.165) is 32.1 Å². The van der Waals surface area contributed by atoms with Crippen LogP contribution in [0.2, 0.25) is 0 Å². The van der Waals surface area contributed by atoms with Crippen LogP contribution in [0.25, 0.3) is 0 Å². The first kappa shape index (κ1) is 14.9. The fraction of sp³-hybridized carbons (Fsp3) is 0.842. The van der Waals surface area contributed by atoms with Crippen molar-refractivity contribution in [2.45, 2.75) is 71.0 Å². The minimum atomic E-state index is -0.393. The van der Waals surface area contributed by atoms with Crippen molar-refractivity contribution in [3.8, 4) is 0 Å². The predicted molar refractivity (Wildman–Crippen MR) is 84.1 cm³/mol. The molecule has 122 valence electrons. The van der Waals surface area contributed by atoms with Crippen molar-refractivity contribution in [3.05, 3.63) is 11.6 Å². The highest BCUT2D eigenvalue weighted by Gasteiger charge is 2.66. The van der Waals surface area contributed by atoms with E-state index in [1.165, 1.54) is 5.57 Å². The summed E-state index contributed by atoms with van der Waals surface area (Å²) in [5.41, 5.74) is 1.04. The van der Waals surface area contributed by atoms with Gasteiger partial charge in [0.1, 0.15) is 0 Å². The SMILES string of the molecule is C[C@@]12[C@@H]3CCC4=CC(=O)CC[C@@H]4[C@H]3CC[C@]1(C)[C@@H](O)C[C@@H]2O. The Morgan fingerprint density at radius 3 is 2.64 bits per heavy atom. The second-order valence-electron chi connectivity index (χ2n) is 8.65. The molecule has 3 fully saturated rings. The number of carbonyl (C=O) groups excluding carboxylic acids is 1. The predicted octanol–water partition coefficient (Wildman–Crippen LogP) is 2.85. The second kappa shape index (κ2) is 4.67. The second-order valence-corrected chi connectivity index (χ2v) is 8.65. The third-order valence-electron chi connectivity index (χ3n) is 8.17. The molecule has 0 aromatic heterocycles. The summed E-state index contributed by atoms with van der Waals surface area (Å²) in [6.45, 7) is 4.42. The smallest absolute Gasteiger partial charge is 0.155 e. The van der Waals surface area contributed by atoms with Gasteiger partial charge in [0.25, 0.3) is 0 Å². The van der Waals surface area contributed by atoms with E-state index in [9.17, 15) is 15.0 Å². The van der Waals surface area contributed by atoms with Crippen LogP contribution in [0.1, 0.15) is 58.8 Å². The lowest BCUT2D eigenvalue weighted by Crippen LogP contribution is -2.56. The van der Waals surface area contributed by atoms with Crippen LogP contribution in [-0.2, 0) is 4.79 Å². The Labute approximate surface area is 132 Å². The van der Waals surface area contributed by atoms with Gasteiger partial charge in [0.15, 0.2) is 5.78 Å². The molecular weight excluding hydrogens is 276 g/mol. The molecule has 22 heavy (non-hydrogen) atoms. The van der Waals surface area contributed by atoms with Crippen LogP contribution in [0.3, 0.4) is 0 Å². The van der Waals surface area contributed by atoms with Gasteiger partial charge in [-0.05, 0) is 55.9 Å². The topological polar surface area (TPSA) is 57.5 Å². The third kappa shape index (κ3) is 1.67. The van der Waals surface area contributed by atoms with Gasteiger partial charge in [-0.3, -0.25) is 4.79 Å². The lowest BCUT2D eigenvalue weighted by molar-refractivity contribution is -0.145. The standard InChI is InChI=1S/C19H28O3/c1-18-8-7-14-13-5-4-12(20)9-11(13)3-6-15(14)19(18,2)17(22)10-16(18)21/h9,13-17,21-22H,3-8,10H2,1-2H3/t13-,14+,15+,16-,17-,18+,19-/m0/s1. The Balaban J connectivity index is 1.72. The molecule has 3 heteroatoms. The highest BCUT2D eigenvalue weighted by Crippen LogP contribution is 2.68. The number of fused-ring (bicyclic) bond motifs is 5. The van der Waals surface area contributed by atoms with Crippen molar-refractivity contribution in [2.24, 2.45) is 28.6 Å². The maximum Gasteiger partial charge on any atom is 0.155 e. The molecule has 0 aliphatic heterocycles. The van der Waals surface area contributed by atoms with E-state index in [4.69, 9.17) is 0 Å². The summed E-state index contributed by atoms with van der Waals surface area (Å²) < 4.78 is 0.